The van der Waals surface area contributed by atoms with Crippen LogP contribution in [-0.2, 0) is 6.42 Å². The lowest BCUT2D eigenvalue weighted by molar-refractivity contribution is 0.221. The summed E-state index contributed by atoms with van der Waals surface area (Å²) < 4.78 is 13.3. The lowest BCUT2D eigenvalue weighted by atomic mass is 9.91. The topological polar surface area (TPSA) is 29.3 Å². The van der Waals surface area contributed by atoms with Gasteiger partial charge in [-0.25, -0.2) is 4.39 Å². The molecule has 0 aliphatic carbocycles. The minimum absolute atomic E-state index is 0.205. The van der Waals surface area contributed by atoms with Gasteiger partial charge in [-0.1, -0.05) is 11.6 Å². The summed E-state index contributed by atoms with van der Waals surface area (Å²) in [6.45, 7) is 1.57. The highest BCUT2D eigenvalue weighted by molar-refractivity contribution is 6.30. The zero-order valence-corrected chi connectivity index (χ0v) is 10.1. The van der Waals surface area contributed by atoms with Crippen molar-refractivity contribution in [1.29, 1.82) is 0 Å². The third-order valence-electron chi connectivity index (χ3n) is 3.25. The van der Waals surface area contributed by atoms with Crippen molar-refractivity contribution in [2.45, 2.75) is 18.9 Å². The molecule has 1 heterocycles. The van der Waals surface area contributed by atoms with Gasteiger partial charge in [0, 0.05) is 12.6 Å². The Morgan fingerprint density at radius 1 is 1.56 bits per heavy atom. The molecular weight excluding hydrogens is 227 g/mol. The molecule has 1 atom stereocenters. The summed E-state index contributed by atoms with van der Waals surface area (Å²) >= 11 is 5.83. The van der Waals surface area contributed by atoms with Crippen molar-refractivity contribution in [2.24, 2.45) is 5.73 Å². The molecule has 2 rings (SSSR count). The largest absolute Gasteiger partial charge is 0.330 e. The second kappa shape index (κ2) is 4.70. The van der Waals surface area contributed by atoms with E-state index in [0.717, 1.165) is 30.5 Å². The third-order valence-corrected chi connectivity index (χ3v) is 3.54. The third kappa shape index (κ3) is 2.08. The molecule has 0 fully saturated rings. The maximum Gasteiger partial charge on any atom is 0.142 e. The molecule has 0 bridgehead atoms. The van der Waals surface area contributed by atoms with Crippen molar-refractivity contribution in [1.82, 2.24) is 4.90 Å². The molecule has 0 radical (unpaired) electrons. The molecule has 0 saturated carbocycles. The number of hydrogen-bond acceptors (Lipinski definition) is 2. The van der Waals surface area contributed by atoms with Crippen LogP contribution in [0.5, 0.6) is 0 Å². The van der Waals surface area contributed by atoms with E-state index in [9.17, 15) is 4.39 Å². The maximum absolute atomic E-state index is 13.3. The summed E-state index contributed by atoms with van der Waals surface area (Å²) in [6.07, 6.45) is 1.76. The Morgan fingerprint density at radius 3 is 3.00 bits per heavy atom. The second-order valence-electron chi connectivity index (χ2n) is 4.29. The maximum atomic E-state index is 13.3. The van der Waals surface area contributed by atoms with Crippen LogP contribution in [0.15, 0.2) is 12.1 Å². The zero-order chi connectivity index (χ0) is 11.7. The first-order valence-corrected chi connectivity index (χ1v) is 5.89. The molecular formula is C12H16ClFN2. The van der Waals surface area contributed by atoms with E-state index in [-0.39, 0.29) is 16.9 Å². The minimum Gasteiger partial charge on any atom is -0.330 e. The van der Waals surface area contributed by atoms with E-state index < -0.39 is 0 Å². The fraction of sp³-hybridized carbons (Fsp3) is 0.500. The molecule has 4 heteroatoms. The molecule has 0 spiro atoms. The summed E-state index contributed by atoms with van der Waals surface area (Å²) in [4.78, 5) is 2.25. The van der Waals surface area contributed by atoms with Gasteiger partial charge in [0.2, 0.25) is 0 Å². The Morgan fingerprint density at radius 2 is 2.31 bits per heavy atom. The van der Waals surface area contributed by atoms with Gasteiger partial charge in [-0.15, -0.1) is 0 Å². The van der Waals surface area contributed by atoms with Crippen molar-refractivity contribution < 1.29 is 4.39 Å². The van der Waals surface area contributed by atoms with E-state index in [1.165, 1.54) is 0 Å². The van der Waals surface area contributed by atoms with Crippen LogP contribution < -0.4 is 5.73 Å². The fourth-order valence-electron chi connectivity index (χ4n) is 2.35. The van der Waals surface area contributed by atoms with Gasteiger partial charge < -0.3 is 5.73 Å². The molecule has 1 aromatic rings. The lowest BCUT2D eigenvalue weighted by Gasteiger charge is -2.34. The van der Waals surface area contributed by atoms with E-state index in [2.05, 4.69) is 11.9 Å². The first-order valence-electron chi connectivity index (χ1n) is 5.51. The van der Waals surface area contributed by atoms with E-state index in [1.807, 2.05) is 0 Å². The molecule has 1 aliphatic rings. The van der Waals surface area contributed by atoms with Gasteiger partial charge >= 0.3 is 0 Å². The highest BCUT2D eigenvalue weighted by atomic mass is 35.5. The fourth-order valence-corrected chi connectivity index (χ4v) is 2.53. The van der Waals surface area contributed by atoms with Crippen molar-refractivity contribution in [3.8, 4) is 0 Å². The number of likely N-dealkylation sites (N-methyl/N-ethyl adjacent to an activating group) is 1. The number of nitrogens with two attached hydrogens (primary N) is 1. The number of fused-ring (bicyclic) bond motifs is 1. The number of hydrogen-bond donors (Lipinski definition) is 1. The van der Waals surface area contributed by atoms with E-state index >= 15 is 0 Å². The summed E-state index contributed by atoms with van der Waals surface area (Å²) in [7, 11) is 2.07. The van der Waals surface area contributed by atoms with Crippen LogP contribution in [0.2, 0.25) is 5.02 Å². The SMILES string of the molecule is CN1CCc2cc(F)c(Cl)cc2C1CCN. The van der Waals surface area contributed by atoms with Crippen molar-refractivity contribution in [2.75, 3.05) is 20.1 Å². The van der Waals surface area contributed by atoms with Crippen molar-refractivity contribution in [3.05, 3.63) is 34.1 Å². The lowest BCUT2D eigenvalue weighted by Crippen LogP contribution is -2.33. The monoisotopic (exact) mass is 242 g/mol. The normalized spacial score (nSPS) is 20.9. The molecule has 2 N–H and O–H groups in total. The Bertz CT molecular complexity index is 395. The Labute approximate surface area is 100 Å². The molecule has 0 saturated heterocycles. The summed E-state index contributed by atoms with van der Waals surface area (Å²) in [5.41, 5.74) is 7.81. The number of nitrogens with zero attached hydrogens (tertiary/aromatic N) is 1. The highest BCUT2D eigenvalue weighted by Gasteiger charge is 2.25. The summed E-state index contributed by atoms with van der Waals surface area (Å²) in [5, 5.41) is 0.205. The number of benzene rings is 1. The molecule has 0 amide bonds. The summed E-state index contributed by atoms with van der Waals surface area (Å²) in [5.74, 6) is -0.323. The molecule has 16 heavy (non-hydrogen) atoms. The Kier molecular flexibility index (Phi) is 3.47. The standard InChI is InChI=1S/C12H16ClFN2/c1-16-5-3-8-6-11(14)10(13)7-9(8)12(16)2-4-15/h6-7,12H,2-5,15H2,1H3. The van der Waals surface area contributed by atoms with Crippen molar-refractivity contribution in [3.63, 3.8) is 0 Å². The number of halogens is 2. The van der Waals surface area contributed by atoms with Crippen LogP contribution in [-0.4, -0.2) is 25.0 Å². The molecule has 2 nitrogen and oxygen atoms in total. The van der Waals surface area contributed by atoms with E-state index in [4.69, 9.17) is 17.3 Å². The Hall–Kier alpha value is -0.640. The van der Waals surface area contributed by atoms with Crippen LogP contribution in [0.3, 0.4) is 0 Å². The molecule has 1 unspecified atom stereocenters. The number of rotatable bonds is 2. The first-order chi connectivity index (χ1) is 7.63. The van der Waals surface area contributed by atoms with Gasteiger partial charge in [-0.2, -0.15) is 0 Å². The second-order valence-corrected chi connectivity index (χ2v) is 4.70. The average molecular weight is 243 g/mol. The van der Waals surface area contributed by atoms with Crippen LogP contribution in [0.4, 0.5) is 4.39 Å². The van der Waals surface area contributed by atoms with Gasteiger partial charge in [-0.3, -0.25) is 4.90 Å². The van der Waals surface area contributed by atoms with E-state index in [0.29, 0.717) is 6.54 Å². The van der Waals surface area contributed by atoms with Crippen LogP contribution in [0.1, 0.15) is 23.6 Å². The summed E-state index contributed by atoms with van der Waals surface area (Å²) in [6, 6.07) is 3.59. The van der Waals surface area contributed by atoms with Gasteiger partial charge in [0.05, 0.1) is 5.02 Å². The predicted molar refractivity (Wildman–Crippen MR) is 64.2 cm³/mol. The minimum atomic E-state index is -0.323. The van der Waals surface area contributed by atoms with Gasteiger partial charge in [0.25, 0.3) is 0 Å². The molecule has 88 valence electrons. The van der Waals surface area contributed by atoms with Crippen LogP contribution in [0.25, 0.3) is 0 Å². The van der Waals surface area contributed by atoms with Crippen LogP contribution >= 0.6 is 11.6 Å². The Balaban J connectivity index is 2.42. The van der Waals surface area contributed by atoms with Gasteiger partial charge in [0.1, 0.15) is 5.82 Å². The average Bonchev–Trinajstić information content (AvgIpc) is 2.25. The van der Waals surface area contributed by atoms with Gasteiger partial charge in [-0.05, 0) is 49.7 Å². The molecule has 1 aliphatic heterocycles. The van der Waals surface area contributed by atoms with Crippen LogP contribution in [0, 0.1) is 5.82 Å². The quantitative estimate of drug-likeness (QED) is 0.863. The smallest absolute Gasteiger partial charge is 0.142 e. The molecule has 1 aromatic carbocycles. The predicted octanol–water partition coefficient (Wildman–Crippen LogP) is 2.36. The van der Waals surface area contributed by atoms with Crippen molar-refractivity contribution >= 4 is 11.6 Å². The van der Waals surface area contributed by atoms with Gasteiger partial charge in [0.15, 0.2) is 0 Å². The highest BCUT2D eigenvalue weighted by Crippen LogP contribution is 2.33. The molecule has 0 aromatic heterocycles. The van der Waals surface area contributed by atoms with E-state index in [1.54, 1.807) is 12.1 Å². The first kappa shape index (κ1) is 11.8. The zero-order valence-electron chi connectivity index (χ0n) is 9.34.